The van der Waals surface area contributed by atoms with Crippen LogP contribution in [0, 0.1) is 6.07 Å². The van der Waals surface area contributed by atoms with E-state index in [-0.39, 0.29) is 0 Å². The fraction of sp³-hybridized carbons (Fsp3) is 0.545. The van der Waals surface area contributed by atoms with Gasteiger partial charge in [-0.15, -0.1) is 0 Å². The third kappa shape index (κ3) is 3.51. The fourth-order valence-corrected chi connectivity index (χ4v) is 1.24. The first kappa shape index (κ1) is 9.24. The lowest BCUT2D eigenvalue weighted by Gasteiger charge is -1.98. The molecule has 1 nitrogen and oxygen atoms in total. The molecule has 0 aliphatic heterocycles. The lowest BCUT2D eigenvalue weighted by Crippen LogP contribution is -1.86. The molecule has 1 aromatic heterocycles. The third-order valence-electron chi connectivity index (χ3n) is 1.96. The maximum Gasteiger partial charge on any atom is 0.0306 e. The molecular weight excluding hydrogens is 146 g/mol. The van der Waals surface area contributed by atoms with Crippen LogP contribution in [0.1, 0.15) is 38.2 Å². The van der Waals surface area contributed by atoms with Gasteiger partial charge in [0.05, 0.1) is 0 Å². The van der Waals surface area contributed by atoms with Gasteiger partial charge in [0.1, 0.15) is 0 Å². The lowest BCUT2D eigenvalue weighted by molar-refractivity contribution is 0.666. The van der Waals surface area contributed by atoms with Gasteiger partial charge in [0.15, 0.2) is 0 Å². The predicted octanol–water partition coefficient (Wildman–Crippen LogP) is 3.00. The first-order valence-corrected chi connectivity index (χ1v) is 4.74. The van der Waals surface area contributed by atoms with E-state index in [2.05, 4.69) is 18.0 Å². The van der Waals surface area contributed by atoms with Crippen LogP contribution in [0.2, 0.25) is 0 Å². The highest BCUT2D eigenvalue weighted by Crippen LogP contribution is 2.05. The highest BCUT2D eigenvalue weighted by molar-refractivity contribution is 5.06. The van der Waals surface area contributed by atoms with Crippen LogP contribution in [0.3, 0.4) is 0 Å². The fourth-order valence-electron chi connectivity index (χ4n) is 1.24. The zero-order valence-corrected chi connectivity index (χ0v) is 7.71. The van der Waals surface area contributed by atoms with Gasteiger partial charge in [-0.3, -0.25) is 4.98 Å². The van der Waals surface area contributed by atoms with Gasteiger partial charge >= 0.3 is 0 Å². The summed E-state index contributed by atoms with van der Waals surface area (Å²) >= 11 is 0. The molecule has 1 rings (SSSR count). The number of hydrogen-bond donors (Lipinski definition) is 0. The lowest BCUT2D eigenvalue weighted by atomic mass is 10.1. The van der Waals surface area contributed by atoms with Gasteiger partial charge in [-0.2, -0.15) is 0 Å². The number of unbranched alkanes of at least 4 members (excludes halogenated alkanes) is 3. The van der Waals surface area contributed by atoms with Crippen molar-refractivity contribution in [3.05, 3.63) is 30.1 Å². The van der Waals surface area contributed by atoms with Crippen molar-refractivity contribution in [2.75, 3.05) is 0 Å². The molecule has 0 aliphatic carbocycles. The molecule has 0 saturated carbocycles. The van der Waals surface area contributed by atoms with Crippen molar-refractivity contribution in [2.24, 2.45) is 0 Å². The van der Waals surface area contributed by atoms with Crippen molar-refractivity contribution in [3.8, 4) is 0 Å². The van der Waals surface area contributed by atoms with Crippen LogP contribution >= 0.6 is 0 Å². The molecule has 0 fully saturated rings. The summed E-state index contributed by atoms with van der Waals surface area (Å²) in [5.41, 5.74) is 1.24. The number of aryl methyl sites for hydroxylation is 1. The molecule has 1 radical (unpaired) electrons. The van der Waals surface area contributed by atoms with E-state index >= 15 is 0 Å². The Hall–Kier alpha value is -0.850. The van der Waals surface area contributed by atoms with Crippen LogP contribution in [0.4, 0.5) is 0 Å². The van der Waals surface area contributed by atoms with Gasteiger partial charge < -0.3 is 0 Å². The normalized spacial score (nSPS) is 10.1. The highest BCUT2D eigenvalue weighted by Gasteiger charge is 1.91. The first-order valence-electron chi connectivity index (χ1n) is 4.74. The molecule has 0 N–H and O–H groups in total. The molecule has 1 heteroatoms. The molecule has 1 heterocycles. The van der Waals surface area contributed by atoms with E-state index in [1.54, 1.807) is 6.20 Å². The number of aromatic nitrogens is 1. The average molecular weight is 162 g/mol. The van der Waals surface area contributed by atoms with E-state index in [4.69, 9.17) is 0 Å². The summed E-state index contributed by atoms with van der Waals surface area (Å²) in [5.74, 6) is 0. The Bertz CT molecular complexity index is 193. The Labute approximate surface area is 74.8 Å². The van der Waals surface area contributed by atoms with Crippen molar-refractivity contribution in [2.45, 2.75) is 39.0 Å². The molecule has 0 aromatic carbocycles. The summed E-state index contributed by atoms with van der Waals surface area (Å²) in [4.78, 5) is 4.05. The molecule has 0 atom stereocenters. The van der Waals surface area contributed by atoms with Crippen LogP contribution < -0.4 is 0 Å². The van der Waals surface area contributed by atoms with E-state index < -0.39 is 0 Å². The van der Waals surface area contributed by atoms with E-state index in [1.165, 1.54) is 31.2 Å². The summed E-state index contributed by atoms with van der Waals surface area (Å²) in [7, 11) is 0. The van der Waals surface area contributed by atoms with E-state index in [0.717, 1.165) is 6.42 Å². The summed E-state index contributed by atoms with van der Waals surface area (Å²) < 4.78 is 0. The standard InChI is InChI=1S/C11H16N/c1-2-3-4-5-7-11-8-6-9-12-10-11/h6,9-10H,2-5,7H2,1H3. The smallest absolute Gasteiger partial charge is 0.0306 e. The SMILES string of the molecule is CCCCCCc1[c]ccnc1. The molecule has 1 aromatic rings. The van der Waals surface area contributed by atoms with E-state index in [0.29, 0.717) is 0 Å². The van der Waals surface area contributed by atoms with E-state index in [9.17, 15) is 0 Å². The van der Waals surface area contributed by atoms with Crippen LogP contribution in [0.5, 0.6) is 0 Å². The van der Waals surface area contributed by atoms with Gasteiger partial charge in [-0.25, -0.2) is 0 Å². The zero-order chi connectivity index (χ0) is 8.65. The van der Waals surface area contributed by atoms with Gasteiger partial charge in [0, 0.05) is 12.4 Å². The minimum absolute atomic E-state index is 1.13. The zero-order valence-electron chi connectivity index (χ0n) is 7.71. The Morgan fingerprint density at radius 3 is 2.92 bits per heavy atom. The van der Waals surface area contributed by atoms with Gasteiger partial charge in [0.2, 0.25) is 0 Å². The van der Waals surface area contributed by atoms with Crippen molar-refractivity contribution in [3.63, 3.8) is 0 Å². The average Bonchev–Trinajstić information content (AvgIpc) is 2.14. The van der Waals surface area contributed by atoms with Crippen LogP contribution in [0.25, 0.3) is 0 Å². The maximum atomic E-state index is 4.05. The number of pyridine rings is 1. The van der Waals surface area contributed by atoms with Crippen LogP contribution in [-0.2, 0) is 6.42 Å². The number of hydrogen-bond acceptors (Lipinski definition) is 1. The largest absolute Gasteiger partial charge is 0.264 e. The van der Waals surface area contributed by atoms with Gasteiger partial charge in [0.25, 0.3) is 0 Å². The minimum Gasteiger partial charge on any atom is -0.264 e. The second-order valence-electron chi connectivity index (χ2n) is 3.07. The molecule has 0 amide bonds. The summed E-state index contributed by atoms with van der Waals surface area (Å²) in [6, 6.07) is 5.07. The van der Waals surface area contributed by atoms with Gasteiger partial charge in [-0.1, -0.05) is 26.2 Å². The van der Waals surface area contributed by atoms with Gasteiger partial charge in [-0.05, 0) is 30.5 Å². The molecule has 65 valence electrons. The van der Waals surface area contributed by atoms with Crippen LogP contribution in [0.15, 0.2) is 18.5 Å². The van der Waals surface area contributed by atoms with Crippen LogP contribution in [-0.4, -0.2) is 4.98 Å². The van der Waals surface area contributed by atoms with Crippen molar-refractivity contribution in [1.82, 2.24) is 4.98 Å². The maximum absolute atomic E-state index is 4.05. The highest BCUT2D eigenvalue weighted by atomic mass is 14.6. The second-order valence-corrected chi connectivity index (χ2v) is 3.07. The first-order chi connectivity index (χ1) is 5.93. The Morgan fingerprint density at radius 1 is 1.33 bits per heavy atom. The number of nitrogens with zero attached hydrogens (tertiary/aromatic N) is 1. The molecule has 0 saturated heterocycles. The van der Waals surface area contributed by atoms with Crippen molar-refractivity contribution < 1.29 is 0 Å². The summed E-state index contributed by atoms with van der Waals surface area (Å²) in [6.07, 6.45) is 10.1. The Balaban J connectivity index is 2.16. The molecule has 12 heavy (non-hydrogen) atoms. The quantitative estimate of drug-likeness (QED) is 0.606. The Morgan fingerprint density at radius 2 is 2.25 bits per heavy atom. The minimum atomic E-state index is 1.13. The summed E-state index contributed by atoms with van der Waals surface area (Å²) in [5, 5.41) is 0. The monoisotopic (exact) mass is 162 g/mol. The molecule has 0 aliphatic rings. The molecule has 0 unspecified atom stereocenters. The third-order valence-corrected chi connectivity index (χ3v) is 1.96. The molecule has 0 spiro atoms. The molecule has 0 bridgehead atoms. The topological polar surface area (TPSA) is 12.9 Å². The van der Waals surface area contributed by atoms with E-state index in [1.807, 2.05) is 12.3 Å². The molecular formula is C11H16N. The van der Waals surface area contributed by atoms with Crippen molar-refractivity contribution in [1.29, 1.82) is 0 Å². The second kappa shape index (κ2) is 5.76. The van der Waals surface area contributed by atoms with Crippen molar-refractivity contribution >= 4 is 0 Å². The Kier molecular flexibility index (Phi) is 4.43. The number of rotatable bonds is 5. The predicted molar refractivity (Wildman–Crippen MR) is 50.9 cm³/mol. The summed E-state index contributed by atoms with van der Waals surface area (Å²) in [6.45, 7) is 2.23.